The van der Waals surface area contributed by atoms with E-state index in [2.05, 4.69) is 5.32 Å². The van der Waals surface area contributed by atoms with Crippen molar-refractivity contribution in [2.24, 2.45) is 0 Å². The summed E-state index contributed by atoms with van der Waals surface area (Å²) in [5.41, 5.74) is 2.93. The van der Waals surface area contributed by atoms with E-state index in [9.17, 15) is 4.39 Å². The van der Waals surface area contributed by atoms with Gasteiger partial charge in [0.15, 0.2) is 0 Å². The number of aryl methyl sites for hydroxylation is 1. The second-order valence-electron chi connectivity index (χ2n) is 4.13. The smallest absolute Gasteiger partial charge is 0.123 e. The summed E-state index contributed by atoms with van der Waals surface area (Å²) < 4.78 is 18.7. The lowest BCUT2D eigenvalue weighted by Crippen LogP contribution is -1.98. The molecule has 2 nitrogen and oxygen atoms in total. The number of benzene rings is 2. The molecule has 0 atom stereocenters. The number of hydrogen-bond donors (Lipinski definition) is 1. The van der Waals surface area contributed by atoms with Gasteiger partial charge >= 0.3 is 0 Å². The molecule has 0 aliphatic carbocycles. The Morgan fingerprint density at radius 1 is 1.11 bits per heavy atom. The third kappa shape index (κ3) is 3.00. The van der Waals surface area contributed by atoms with Crippen molar-refractivity contribution in [3.05, 3.63) is 59.4 Å². The summed E-state index contributed by atoms with van der Waals surface area (Å²) in [5, 5.41) is 3.04. The molecule has 0 unspecified atom stereocenters. The van der Waals surface area contributed by atoms with Crippen molar-refractivity contribution in [1.29, 1.82) is 0 Å². The monoisotopic (exact) mass is 245 g/mol. The zero-order valence-electron chi connectivity index (χ0n) is 10.5. The maximum atomic E-state index is 13.1. The van der Waals surface area contributed by atoms with Gasteiger partial charge in [-0.25, -0.2) is 4.39 Å². The molecular formula is C15H16FNO. The van der Waals surface area contributed by atoms with Gasteiger partial charge in [-0.05, 0) is 54.4 Å². The van der Waals surface area contributed by atoms with Gasteiger partial charge in [-0.3, -0.25) is 0 Å². The van der Waals surface area contributed by atoms with Crippen LogP contribution in [0.15, 0.2) is 42.5 Å². The van der Waals surface area contributed by atoms with Crippen LogP contribution in [0.5, 0.6) is 5.75 Å². The van der Waals surface area contributed by atoms with Crippen LogP contribution in [0.2, 0.25) is 0 Å². The molecule has 0 bridgehead atoms. The van der Waals surface area contributed by atoms with Gasteiger partial charge in [0.25, 0.3) is 0 Å². The normalized spacial score (nSPS) is 10.2. The van der Waals surface area contributed by atoms with Crippen molar-refractivity contribution in [1.82, 2.24) is 0 Å². The highest BCUT2D eigenvalue weighted by molar-refractivity contribution is 5.45. The number of anilines is 1. The van der Waals surface area contributed by atoms with Crippen LogP contribution >= 0.6 is 0 Å². The first-order valence-corrected chi connectivity index (χ1v) is 5.84. The molecule has 2 aromatic carbocycles. The summed E-state index contributed by atoms with van der Waals surface area (Å²) in [4.78, 5) is 0. The first kappa shape index (κ1) is 12.4. The lowest BCUT2D eigenvalue weighted by molar-refractivity contribution is 0.305. The number of hydrogen-bond acceptors (Lipinski definition) is 2. The second kappa shape index (κ2) is 5.54. The van der Waals surface area contributed by atoms with Crippen molar-refractivity contribution in [2.45, 2.75) is 13.5 Å². The Morgan fingerprint density at radius 2 is 1.83 bits per heavy atom. The summed E-state index contributed by atoms with van der Waals surface area (Å²) in [6.07, 6.45) is 0. The van der Waals surface area contributed by atoms with Crippen molar-refractivity contribution in [3.8, 4) is 5.75 Å². The molecule has 0 radical (unpaired) electrons. The zero-order chi connectivity index (χ0) is 13.0. The Labute approximate surface area is 106 Å². The Balaban J connectivity index is 2.04. The molecule has 0 aliphatic rings. The minimum absolute atomic E-state index is 0.232. The number of ether oxygens (including phenoxy) is 1. The van der Waals surface area contributed by atoms with E-state index < -0.39 is 0 Å². The molecule has 0 aromatic heterocycles. The summed E-state index contributed by atoms with van der Waals surface area (Å²) in [6.45, 7) is 2.32. The van der Waals surface area contributed by atoms with Gasteiger partial charge in [-0.1, -0.05) is 6.07 Å². The molecule has 94 valence electrons. The van der Waals surface area contributed by atoms with E-state index in [4.69, 9.17) is 4.74 Å². The fourth-order valence-electron chi connectivity index (χ4n) is 1.67. The lowest BCUT2D eigenvalue weighted by atomic mass is 10.1. The maximum Gasteiger partial charge on any atom is 0.123 e. The van der Waals surface area contributed by atoms with Crippen LogP contribution in [-0.2, 0) is 6.61 Å². The summed E-state index contributed by atoms with van der Waals surface area (Å²) in [6, 6.07) is 12.4. The van der Waals surface area contributed by atoms with Crippen LogP contribution in [0.25, 0.3) is 0 Å². The Kier molecular flexibility index (Phi) is 3.82. The molecule has 0 spiro atoms. The first-order chi connectivity index (χ1) is 8.69. The Hall–Kier alpha value is -2.03. The maximum absolute atomic E-state index is 13.1. The molecule has 0 amide bonds. The molecule has 2 rings (SSSR count). The van der Waals surface area contributed by atoms with Crippen LogP contribution in [0.1, 0.15) is 11.1 Å². The van der Waals surface area contributed by atoms with Crippen LogP contribution in [0, 0.1) is 12.7 Å². The number of halogens is 1. The van der Waals surface area contributed by atoms with Crippen molar-refractivity contribution in [3.63, 3.8) is 0 Å². The van der Waals surface area contributed by atoms with Gasteiger partial charge in [-0.2, -0.15) is 0 Å². The summed E-state index contributed by atoms with van der Waals surface area (Å²) in [5.74, 6) is 0.544. The Morgan fingerprint density at radius 3 is 2.50 bits per heavy atom. The van der Waals surface area contributed by atoms with Gasteiger partial charge in [-0.15, -0.1) is 0 Å². The average molecular weight is 245 g/mol. The molecule has 0 heterocycles. The molecule has 0 saturated carbocycles. The molecule has 3 heteroatoms. The Bertz CT molecular complexity index is 523. The van der Waals surface area contributed by atoms with E-state index >= 15 is 0 Å². The fourth-order valence-corrected chi connectivity index (χ4v) is 1.67. The fraction of sp³-hybridized carbons (Fsp3) is 0.200. The second-order valence-corrected chi connectivity index (χ2v) is 4.13. The van der Waals surface area contributed by atoms with Gasteiger partial charge in [0, 0.05) is 12.7 Å². The van der Waals surface area contributed by atoms with E-state index in [0.717, 1.165) is 22.6 Å². The van der Waals surface area contributed by atoms with E-state index in [0.29, 0.717) is 6.61 Å². The van der Waals surface area contributed by atoms with Crippen LogP contribution < -0.4 is 10.1 Å². The predicted octanol–water partition coefficient (Wildman–Crippen LogP) is 3.75. The number of nitrogens with one attached hydrogen (secondary N) is 1. The molecule has 0 fully saturated rings. The third-order valence-electron chi connectivity index (χ3n) is 2.85. The standard InChI is InChI=1S/C15H16FNO/c1-11-3-4-13(16)9-12(11)10-18-15-7-5-14(17-2)6-8-15/h3-9,17H,10H2,1-2H3. The highest BCUT2D eigenvalue weighted by atomic mass is 19.1. The topological polar surface area (TPSA) is 21.3 Å². The zero-order valence-corrected chi connectivity index (χ0v) is 10.5. The third-order valence-corrected chi connectivity index (χ3v) is 2.85. The molecule has 0 aliphatic heterocycles. The van der Waals surface area contributed by atoms with Gasteiger partial charge in [0.05, 0.1) is 0 Å². The molecule has 0 saturated heterocycles. The predicted molar refractivity (Wildman–Crippen MR) is 71.5 cm³/mol. The molecule has 1 N–H and O–H groups in total. The molecular weight excluding hydrogens is 229 g/mol. The van der Waals surface area contributed by atoms with Gasteiger partial charge in [0.2, 0.25) is 0 Å². The van der Waals surface area contributed by atoms with Gasteiger partial charge < -0.3 is 10.1 Å². The van der Waals surface area contributed by atoms with Crippen LogP contribution in [0.3, 0.4) is 0 Å². The minimum Gasteiger partial charge on any atom is -0.489 e. The number of rotatable bonds is 4. The van der Waals surface area contributed by atoms with E-state index in [-0.39, 0.29) is 5.82 Å². The SMILES string of the molecule is CNc1ccc(OCc2cc(F)ccc2C)cc1. The van der Waals surface area contributed by atoms with Crippen LogP contribution in [0.4, 0.5) is 10.1 Å². The quantitative estimate of drug-likeness (QED) is 0.885. The summed E-state index contributed by atoms with van der Waals surface area (Å²) >= 11 is 0. The highest BCUT2D eigenvalue weighted by Crippen LogP contribution is 2.18. The average Bonchev–Trinajstić information content (AvgIpc) is 2.40. The van der Waals surface area contributed by atoms with Crippen LogP contribution in [-0.4, -0.2) is 7.05 Å². The minimum atomic E-state index is -0.232. The van der Waals surface area contributed by atoms with Gasteiger partial charge in [0.1, 0.15) is 18.2 Å². The molecule has 2 aromatic rings. The molecule has 18 heavy (non-hydrogen) atoms. The van der Waals surface area contributed by atoms with Crippen molar-refractivity contribution < 1.29 is 9.13 Å². The van der Waals surface area contributed by atoms with E-state index in [1.54, 1.807) is 6.07 Å². The summed E-state index contributed by atoms with van der Waals surface area (Å²) in [7, 11) is 1.87. The largest absolute Gasteiger partial charge is 0.489 e. The van der Waals surface area contributed by atoms with Crippen molar-refractivity contribution in [2.75, 3.05) is 12.4 Å². The lowest BCUT2D eigenvalue weighted by Gasteiger charge is -2.09. The highest BCUT2D eigenvalue weighted by Gasteiger charge is 2.02. The van der Waals surface area contributed by atoms with E-state index in [1.807, 2.05) is 38.2 Å². The first-order valence-electron chi connectivity index (χ1n) is 5.84. The van der Waals surface area contributed by atoms with Crippen molar-refractivity contribution >= 4 is 5.69 Å². The van der Waals surface area contributed by atoms with E-state index in [1.165, 1.54) is 12.1 Å².